The molecule has 6 heteroatoms. The number of aromatic nitrogens is 3. The lowest BCUT2D eigenvalue weighted by molar-refractivity contribution is 0.265. The summed E-state index contributed by atoms with van der Waals surface area (Å²) in [6, 6.07) is 7.85. The van der Waals surface area contributed by atoms with E-state index in [1.54, 1.807) is 18.5 Å². The van der Waals surface area contributed by atoms with Gasteiger partial charge in [0.2, 0.25) is 0 Å². The van der Waals surface area contributed by atoms with Gasteiger partial charge < -0.3 is 10.0 Å². The lowest BCUT2D eigenvalue weighted by Crippen LogP contribution is -2.34. The molecular formula is C16H19N5O. The largest absolute Gasteiger partial charge is 0.394 e. The first-order valence-corrected chi connectivity index (χ1v) is 7.56. The summed E-state index contributed by atoms with van der Waals surface area (Å²) >= 11 is 0. The summed E-state index contributed by atoms with van der Waals surface area (Å²) in [7, 11) is 0. The molecule has 3 rings (SSSR count). The van der Waals surface area contributed by atoms with Gasteiger partial charge >= 0.3 is 0 Å². The summed E-state index contributed by atoms with van der Waals surface area (Å²) in [5.41, 5.74) is 1.82. The summed E-state index contributed by atoms with van der Waals surface area (Å²) in [5, 5.41) is 22.6. The van der Waals surface area contributed by atoms with Crippen molar-refractivity contribution in [2.24, 2.45) is 0 Å². The number of piperidine rings is 1. The predicted octanol–water partition coefficient (Wildman–Crippen LogP) is 1.53. The Kier molecular flexibility index (Phi) is 4.35. The van der Waals surface area contributed by atoms with E-state index in [2.05, 4.69) is 21.1 Å². The minimum atomic E-state index is 0.104. The number of rotatable bonds is 4. The third kappa shape index (κ3) is 2.81. The molecule has 0 aliphatic carbocycles. The van der Waals surface area contributed by atoms with Gasteiger partial charge in [-0.25, -0.2) is 4.98 Å². The monoisotopic (exact) mass is 297 g/mol. The number of aliphatic hydroxyl groups is 1. The fourth-order valence-corrected chi connectivity index (χ4v) is 3.09. The molecule has 0 unspecified atom stereocenters. The molecule has 0 amide bonds. The quantitative estimate of drug-likeness (QED) is 0.926. The number of pyridine rings is 1. The van der Waals surface area contributed by atoms with Crippen molar-refractivity contribution in [2.75, 3.05) is 24.6 Å². The molecule has 0 aromatic carbocycles. The maximum atomic E-state index is 9.19. The Balaban J connectivity index is 1.70. The van der Waals surface area contributed by atoms with Crippen molar-refractivity contribution in [3.05, 3.63) is 41.9 Å². The zero-order valence-corrected chi connectivity index (χ0v) is 12.4. The van der Waals surface area contributed by atoms with Gasteiger partial charge in [-0.15, -0.1) is 0 Å². The van der Waals surface area contributed by atoms with Crippen LogP contribution in [-0.2, 0) is 6.54 Å². The molecule has 1 aliphatic heterocycles. The molecule has 1 N–H and O–H groups in total. The zero-order valence-electron chi connectivity index (χ0n) is 12.4. The van der Waals surface area contributed by atoms with Crippen LogP contribution in [0.1, 0.15) is 30.0 Å². The summed E-state index contributed by atoms with van der Waals surface area (Å²) < 4.78 is 1.89. The second-order valence-corrected chi connectivity index (χ2v) is 5.45. The van der Waals surface area contributed by atoms with E-state index in [1.807, 2.05) is 16.8 Å². The van der Waals surface area contributed by atoms with Crippen LogP contribution in [0.15, 0.2) is 30.6 Å². The number of anilines is 1. The highest BCUT2D eigenvalue weighted by Gasteiger charge is 2.24. The summed E-state index contributed by atoms with van der Waals surface area (Å²) in [5.74, 6) is 1.23. The van der Waals surface area contributed by atoms with Crippen molar-refractivity contribution < 1.29 is 5.11 Å². The molecule has 22 heavy (non-hydrogen) atoms. The second kappa shape index (κ2) is 6.58. The molecule has 0 bridgehead atoms. The summed E-state index contributed by atoms with van der Waals surface area (Å²) in [4.78, 5) is 6.54. The van der Waals surface area contributed by atoms with Crippen LogP contribution in [0, 0.1) is 11.3 Å². The number of hydrogen-bond acceptors (Lipinski definition) is 5. The summed E-state index contributed by atoms with van der Waals surface area (Å²) in [6.07, 6.45) is 5.53. The van der Waals surface area contributed by atoms with Gasteiger partial charge in [0.05, 0.1) is 18.7 Å². The zero-order chi connectivity index (χ0) is 15.4. The predicted molar refractivity (Wildman–Crippen MR) is 82.5 cm³/mol. The molecule has 0 radical (unpaired) electrons. The normalized spacial score (nSPS) is 15.7. The van der Waals surface area contributed by atoms with Crippen LogP contribution in [-0.4, -0.2) is 39.6 Å². The van der Waals surface area contributed by atoms with Gasteiger partial charge in [-0.3, -0.25) is 4.68 Å². The second-order valence-electron chi connectivity index (χ2n) is 5.45. The molecule has 1 fully saturated rings. The molecule has 2 aromatic heterocycles. The van der Waals surface area contributed by atoms with E-state index in [4.69, 9.17) is 5.11 Å². The molecule has 114 valence electrons. The van der Waals surface area contributed by atoms with E-state index < -0.39 is 0 Å². The van der Waals surface area contributed by atoms with Crippen LogP contribution in [0.3, 0.4) is 0 Å². The lowest BCUT2D eigenvalue weighted by Gasteiger charge is -2.33. The van der Waals surface area contributed by atoms with Crippen LogP contribution < -0.4 is 4.90 Å². The van der Waals surface area contributed by atoms with Crippen molar-refractivity contribution in [3.63, 3.8) is 0 Å². The van der Waals surface area contributed by atoms with Crippen molar-refractivity contribution in [3.8, 4) is 6.07 Å². The first-order chi connectivity index (χ1) is 10.8. The molecule has 0 saturated carbocycles. The standard InChI is InChI=1S/C16H19N5O/c17-12-14-2-1-6-18-16(14)20-8-4-13(5-9-20)15-3-7-19-21(15)10-11-22/h1-3,6-7,13,22H,4-5,8-11H2. The van der Waals surface area contributed by atoms with Crippen molar-refractivity contribution in [2.45, 2.75) is 25.3 Å². The molecule has 1 aliphatic rings. The van der Waals surface area contributed by atoms with Crippen LogP contribution in [0.5, 0.6) is 0 Å². The fourth-order valence-electron chi connectivity index (χ4n) is 3.09. The Labute approximate surface area is 129 Å². The van der Waals surface area contributed by atoms with Crippen LogP contribution >= 0.6 is 0 Å². The number of nitriles is 1. The molecule has 0 spiro atoms. The van der Waals surface area contributed by atoms with Gasteiger partial charge in [-0.05, 0) is 31.0 Å². The van der Waals surface area contributed by atoms with Gasteiger partial charge in [-0.2, -0.15) is 10.4 Å². The van der Waals surface area contributed by atoms with Gasteiger partial charge in [-0.1, -0.05) is 0 Å². The number of aliphatic hydroxyl groups excluding tert-OH is 1. The fraction of sp³-hybridized carbons (Fsp3) is 0.438. The minimum Gasteiger partial charge on any atom is -0.394 e. The van der Waals surface area contributed by atoms with Gasteiger partial charge in [0.15, 0.2) is 0 Å². The molecule has 6 nitrogen and oxygen atoms in total. The van der Waals surface area contributed by atoms with E-state index in [1.165, 1.54) is 5.69 Å². The van der Waals surface area contributed by atoms with Gasteiger partial charge in [0, 0.05) is 37.1 Å². The Morgan fingerprint density at radius 1 is 1.27 bits per heavy atom. The summed E-state index contributed by atoms with van der Waals surface area (Å²) in [6.45, 7) is 2.40. The molecular weight excluding hydrogens is 278 g/mol. The molecule has 3 heterocycles. The van der Waals surface area contributed by atoms with Crippen molar-refractivity contribution >= 4 is 5.82 Å². The molecule has 2 aromatic rings. The molecule has 0 atom stereocenters. The van der Waals surface area contributed by atoms with E-state index in [0.29, 0.717) is 18.0 Å². The average molecular weight is 297 g/mol. The first kappa shape index (κ1) is 14.5. The smallest absolute Gasteiger partial charge is 0.146 e. The van der Waals surface area contributed by atoms with E-state index in [0.717, 1.165) is 31.7 Å². The van der Waals surface area contributed by atoms with Gasteiger partial charge in [0.1, 0.15) is 11.9 Å². The highest BCUT2D eigenvalue weighted by atomic mass is 16.3. The number of hydrogen-bond donors (Lipinski definition) is 1. The third-order valence-electron chi connectivity index (χ3n) is 4.18. The maximum absolute atomic E-state index is 9.19. The van der Waals surface area contributed by atoms with Crippen LogP contribution in [0.2, 0.25) is 0 Å². The highest BCUT2D eigenvalue weighted by molar-refractivity contribution is 5.53. The van der Waals surface area contributed by atoms with Gasteiger partial charge in [0.25, 0.3) is 0 Å². The SMILES string of the molecule is N#Cc1cccnc1N1CCC(c2ccnn2CCO)CC1. The Bertz CT molecular complexity index is 667. The van der Waals surface area contributed by atoms with E-state index in [9.17, 15) is 5.26 Å². The Morgan fingerprint density at radius 3 is 2.82 bits per heavy atom. The highest BCUT2D eigenvalue weighted by Crippen LogP contribution is 2.30. The minimum absolute atomic E-state index is 0.104. The lowest BCUT2D eigenvalue weighted by atomic mass is 9.93. The van der Waals surface area contributed by atoms with E-state index >= 15 is 0 Å². The number of nitrogens with zero attached hydrogens (tertiary/aromatic N) is 5. The average Bonchev–Trinajstić information content (AvgIpc) is 3.03. The topological polar surface area (TPSA) is 78.0 Å². The van der Waals surface area contributed by atoms with Crippen molar-refractivity contribution in [1.82, 2.24) is 14.8 Å². The van der Waals surface area contributed by atoms with Crippen LogP contribution in [0.4, 0.5) is 5.82 Å². The molecule has 1 saturated heterocycles. The van der Waals surface area contributed by atoms with E-state index in [-0.39, 0.29) is 6.61 Å². The third-order valence-corrected chi connectivity index (χ3v) is 4.18. The first-order valence-electron chi connectivity index (χ1n) is 7.56. The Hall–Kier alpha value is -2.39. The maximum Gasteiger partial charge on any atom is 0.146 e. The van der Waals surface area contributed by atoms with Crippen LogP contribution in [0.25, 0.3) is 0 Å². The van der Waals surface area contributed by atoms with Crippen molar-refractivity contribution in [1.29, 1.82) is 5.26 Å². The Morgan fingerprint density at radius 2 is 2.09 bits per heavy atom.